The number of fused-ring (bicyclic) bond motifs is 1. The average molecular weight is 411 g/mol. The molecular weight excluding hydrogens is 389 g/mol. The molecule has 1 aromatic heterocycles. The van der Waals surface area contributed by atoms with Gasteiger partial charge in [-0.05, 0) is 26.1 Å². The van der Waals surface area contributed by atoms with E-state index < -0.39 is 32.9 Å². The van der Waals surface area contributed by atoms with E-state index in [-0.39, 0.29) is 5.39 Å². The van der Waals surface area contributed by atoms with Gasteiger partial charge in [-0.15, -0.1) is 0 Å². The molecule has 2 aromatic rings. The minimum absolute atomic E-state index is 0.000165. The molecule has 152 valence electrons. The van der Waals surface area contributed by atoms with Gasteiger partial charge >= 0.3 is 16.1 Å². The molecular formula is C18H22FN3O5S. The highest BCUT2D eigenvalue weighted by molar-refractivity contribution is 7.86. The van der Waals surface area contributed by atoms with Crippen molar-refractivity contribution in [2.75, 3.05) is 44.4 Å². The summed E-state index contributed by atoms with van der Waals surface area (Å²) >= 11 is 0. The molecule has 1 saturated heterocycles. The first-order valence-corrected chi connectivity index (χ1v) is 10.7. The molecule has 1 aliphatic rings. The van der Waals surface area contributed by atoms with E-state index in [9.17, 15) is 22.4 Å². The number of anilines is 1. The number of aryl methyl sites for hydroxylation is 1. The monoisotopic (exact) mass is 411 g/mol. The van der Waals surface area contributed by atoms with Crippen LogP contribution in [-0.4, -0.2) is 63.3 Å². The van der Waals surface area contributed by atoms with Gasteiger partial charge in [-0.3, -0.25) is 4.79 Å². The molecule has 1 fully saturated rings. The molecule has 10 heteroatoms. The van der Waals surface area contributed by atoms with Crippen LogP contribution in [0.3, 0.4) is 0 Å². The van der Waals surface area contributed by atoms with Gasteiger partial charge in [0.2, 0.25) is 5.43 Å². The zero-order chi connectivity index (χ0) is 20.6. The summed E-state index contributed by atoms with van der Waals surface area (Å²) in [6.45, 7) is 5.11. The number of hydrogen-bond acceptors (Lipinski definition) is 7. The number of carbonyl (C=O) groups excluding carboxylic acids is 1. The van der Waals surface area contributed by atoms with E-state index >= 15 is 0 Å². The van der Waals surface area contributed by atoms with Crippen LogP contribution in [-0.2, 0) is 20.8 Å². The Morgan fingerprint density at radius 3 is 2.43 bits per heavy atom. The molecule has 0 unspecified atom stereocenters. The number of pyridine rings is 1. The Hall–Kier alpha value is -2.46. The largest absolute Gasteiger partial charge is 0.367 e. The number of nitrogens with zero attached hydrogens (tertiary/aromatic N) is 3. The van der Waals surface area contributed by atoms with E-state index in [2.05, 4.69) is 9.08 Å². The molecule has 28 heavy (non-hydrogen) atoms. The topological polar surface area (TPSA) is 88.9 Å². The zero-order valence-electron chi connectivity index (χ0n) is 15.9. The molecule has 8 nitrogen and oxygen atoms in total. The van der Waals surface area contributed by atoms with Crippen LogP contribution in [0.25, 0.3) is 10.9 Å². The van der Waals surface area contributed by atoms with Crippen molar-refractivity contribution in [3.05, 3.63) is 39.9 Å². The summed E-state index contributed by atoms with van der Waals surface area (Å²) in [7, 11) is -2.08. The van der Waals surface area contributed by atoms with E-state index in [0.29, 0.717) is 37.1 Å². The Kier molecular flexibility index (Phi) is 5.44. The molecule has 2 heterocycles. The van der Waals surface area contributed by atoms with Crippen LogP contribution in [0.1, 0.15) is 17.3 Å². The molecule has 0 bridgehead atoms. The van der Waals surface area contributed by atoms with E-state index in [1.807, 2.05) is 11.9 Å². The molecule has 0 atom stereocenters. The first-order valence-electron chi connectivity index (χ1n) is 8.84. The number of piperazine rings is 1. The van der Waals surface area contributed by atoms with Gasteiger partial charge in [0.1, 0.15) is 11.4 Å². The first kappa shape index (κ1) is 20.3. The standard InChI is InChI=1S/C18H22FN3O5S/c1-4-21-11-13(18(24)27-28(3,25)26)17(23)12-9-14(19)16(10-15(12)21)22-7-5-20(2)6-8-22/h9-11H,4-8H2,1-3H3. The lowest BCUT2D eigenvalue weighted by Gasteiger charge is -2.34. The molecule has 0 N–H and O–H groups in total. The quantitative estimate of drug-likeness (QED) is 0.694. The van der Waals surface area contributed by atoms with E-state index in [1.165, 1.54) is 6.20 Å². The van der Waals surface area contributed by atoms with Crippen molar-refractivity contribution in [3.63, 3.8) is 0 Å². The second kappa shape index (κ2) is 7.51. The molecule has 3 rings (SSSR count). The predicted octanol–water partition coefficient (Wildman–Crippen LogP) is 1.03. The van der Waals surface area contributed by atoms with Gasteiger partial charge in [-0.2, -0.15) is 8.42 Å². The summed E-state index contributed by atoms with van der Waals surface area (Å²) in [6, 6.07) is 2.71. The third-order valence-corrected chi connectivity index (χ3v) is 5.23. The summed E-state index contributed by atoms with van der Waals surface area (Å²) in [4.78, 5) is 28.9. The summed E-state index contributed by atoms with van der Waals surface area (Å²) in [5.41, 5.74) is -0.351. The molecule has 0 aliphatic carbocycles. The van der Waals surface area contributed by atoms with Crippen molar-refractivity contribution < 1.29 is 21.8 Å². The molecule has 0 spiro atoms. The fourth-order valence-corrected chi connectivity index (χ4v) is 3.64. The highest BCUT2D eigenvalue weighted by Gasteiger charge is 2.23. The van der Waals surface area contributed by atoms with Crippen LogP contribution in [0.5, 0.6) is 0 Å². The number of likely N-dealkylation sites (N-methyl/N-ethyl adjacent to an activating group) is 1. The summed E-state index contributed by atoms with van der Waals surface area (Å²) in [6.07, 6.45) is 1.97. The third kappa shape index (κ3) is 4.02. The van der Waals surface area contributed by atoms with E-state index in [0.717, 1.165) is 19.2 Å². The summed E-state index contributed by atoms with van der Waals surface area (Å²) in [5, 5.41) is 0.000165. The fraction of sp³-hybridized carbons (Fsp3) is 0.444. The van der Waals surface area contributed by atoms with Crippen LogP contribution >= 0.6 is 0 Å². The van der Waals surface area contributed by atoms with Gasteiger partial charge in [0, 0.05) is 44.3 Å². The first-order chi connectivity index (χ1) is 13.1. The second-order valence-electron chi connectivity index (χ2n) is 6.84. The minimum Gasteiger partial charge on any atom is -0.367 e. The van der Waals surface area contributed by atoms with Gasteiger partial charge in [-0.25, -0.2) is 9.18 Å². The van der Waals surface area contributed by atoms with Crippen molar-refractivity contribution in [1.29, 1.82) is 0 Å². The Bertz CT molecular complexity index is 1090. The molecule has 0 saturated carbocycles. The average Bonchev–Trinajstić information content (AvgIpc) is 2.61. The molecule has 0 amide bonds. The van der Waals surface area contributed by atoms with Crippen LogP contribution in [0.4, 0.5) is 10.1 Å². The fourth-order valence-electron chi connectivity index (χ4n) is 3.28. The van der Waals surface area contributed by atoms with Crippen LogP contribution < -0.4 is 10.3 Å². The molecule has 1 aliphatic heterocycles. The number of benzene rings is 1. The Morgan fingerprint density at radius 2 is 1.86 bits per heavy atom. The maximum atomic E-state index is 14.8. The molecule has 0 radical (unpaired) electrons. The van der Waals surface area contributed by atoms with Crippen LogP contribution in [0.15, 0.2) is 23.1 Å². The van der Waals surface area contributed by atoms with Crippen molar-refractivity contribution in [2.45, 2.75) is 13.5 Å². The SMILES string of the molecule is CCn1cc(C(=O)OS(C)(=O)=O)c(=O)c2cc(F)c(N3CCN(C)CC3)cc21. The lowest BCUT2D eigenvalue weighted by atomic mass is 10.1. The maximum Gasteiger partial charge on any atom is 0.359 e. The number of hydrogen-bond donors (Lipinski definition) is 0. The number of carbonyl (C=O) groups is 1. The lowest BCUT2D eigenvalue weighted by Crippen LogP contribution is -2.44. The molecule has 1 aromatic carbocycles. The number of halogens is 1. The zero-order valence-corrected chi connectivity index (χ0v) is 16.8. The summed E-state index contributed by atoms with van der Waals surface area (Å²) in [5.74, 6) is -1.84. The predicted molar refractivity (Wildman–Crippen MR) is 104 cm³/mol. The minimum atomic E-state index is -4.08. The van der Waals surface area contributed by atoms with Crippen molar-refractivity contribution in [3.8, 4) is 0 Å². The normalized spacial score (nSPS) is 15.8. The van der Waals surface area contributed by atoms with Crippen LogP contribution in [0.2, 0.25) is 0 Å². The maximum absolute atomic E-state index is 14.8. The highest BCUT2D eigenvalue weighted by atomic mass is 32.2. The summed E-state index contributed by atoms with van der Waals surface area (Å²) < 4.78 is 43.2. The van der Waals surface area contributed by atoms with Gasteiger partial charge in [-0.1, -0.05) is 0 Å². The lowest BCUT2D eigenvalue weighted by molar-refractivity contribution is 0.0746. The van der Waals surface area contributed by atoms with Gasteiger partial charge in [0.25, 0.3) is 0 Å². The second-order valence-corrected chi connectivity index (χ2v) is 8.42. The Balaban J connectivity index is 2.13. The number of rotatable bonds is 4. The Labute approximate surface area is 162 Å². The van der Waals surface area contributed by atoms with E-state index in [4.69, 9.17) is 0 Å². The van der Waals surface area contributed by atoms with E-state index in [1.54, 1.807) is 17.6 Å². The van der Waals surface area contributed by atoms with Gasteiger partial charge < -0.3 is 18.6 Å². The van der Waals surface area contributed by atoms with Crippen molar-refractivity contribution in [1.82, 2.24) is 9.47 Å². The highest BCUT2D eigenvalue weighted by Crippen LogP contribution is 2.26. The van der Waals surface area contributed by atoms with Gasteiger partial charge in [0.15, 0.2) is 0 Å². The van der Waals surface area contributed by atoms with Crippen molar-refractivity contribution >= 4 is 32.7 Å². The van der Waals surface area contributed by atoms with Crippen LogP contribution in [0, 0.1) is 5.82 Å². The smallest absolute Gasteiger partial charge is 0.359 e. The Morgan fingerprint density at radius 1 is 1.21 bits per heavy atom. The van der Waals surface area contributed by atoms with Gasteiger partial charge in [0.05, 0.1) is 17.5 Å². The third-order valence-electron chi connectivity index (χ3n) is 4.78. The number of aromatic nitrogens is 1. The van der Waals surface area contributed by atoms with Crippen molar-refractivity contribution in [2.24, 2.45) is 0 Å².